The van der Waals surface area contributed by atoms with Crippen LogP contribution in [0.1, 0.15) is 26.7 Å². The number of amides is 3. The summed E-state index contributed by atoms with van der Waals surface area (Å²) in [4.78, 5) is 47.6. The van der Waals surface area contributed by atoms with Crippen LogP contribution in [0.2, 0.25) is 0 Å². The molecule has 9 nitrogen and oxygen atoms in total. The third kappa shape index (κ3) is 5.51. The second-order valence-electron chi connectivity index (χ2n) is 5.85. The van der Waals surface area contributed by atoms with Gasteiger partial charge >= 0.3 is 5.97 Å². The van der Waals surface area contributed by atoms with Gasteiger partial charge < -0.3 is 26.4 Å². The molecule has 0 aromatic heterocycles. The van der Waals surface area contributed by atoms with Crippen molar-refractivity contribution < 1.29 is 24.3 Å². The van der Waals surface area contributed by atoms with E-state index >= 15 is 0 Å². The Bertz CT molecular complexity index is 480. The zero-order valence-electron chi connectivity index (χ0n) is 13.4. The van der Waals surface area contributed by atoms with E-state index in [1.165, 1.54) is 4.90 Å². The molecule has 9 heteroatoms. The minimum atomic E-state index is -1.17. The number of carboxylic acids is 1. The number of hydrogen-bond donors (Lipinski definition) is 4. The standard InChI is InChI=1S/C14H24N4O5/c1-8(2)12(15)14(23)18-5-3-4-9(18)13(22)17-6-10(19)16-7-11(20)21/h8-9,12H,3-7,15H2,1-2H3,(H,16,19)(H,17,22)(H,20,21). The SMILES string of the molecule is CC(C)C(N)C(=O)N1CCCC1C(=O)NCC(=O)NCC(=O)O. The van der Waals surface area contributed by atoms with E-state index in [9.17, 15) is 19.2 Å². The van der Waals surface area contributed by atoms with Gasteiger partial charge in [0, 0.05) is 6.54 Å². The van der Waals surface area contributed by atoms with Gasteiger partial charge in [-0.2, -0.15) is 0 Å². The Morgan fingerprint density at radius 3 is 2.43 bits per heavy atom. The minimum absolute atomic E-state index is 0.0337. The number of likely N-dealkylation sites (tertiary alicyclic amines) is 1. The van der Waals surface area contributed by atoms with E-state index in [4.69, 9.17) is 10.8 Å². The molecule has 0 saturated carbocycles. The van der Waals surface area contributed by atoms with Gasteiger partial charge in [-0.15, -0.1) is 0 Å². The monoisotopic (exact) mass is 328 g/mol. The van der Waals surface area contributed by atoms with Crippen LogP contribution in [-0.2, 0) is 19.2 Å². The molecule has 130 valence electrons. The average Bonchev–Trinajstić information content (AvgIpc) is 2.98. The van der Waals surface area contributed by atoms with Crippen LogP contribution in [0.4, 0.5) is 0 Å². The number of carbonyl (C=O) groups excluding carboxylic acids is 3. The quantitative estimate of drug-likeness (QED) is 0.438. The van der Waals surface area contributed by atoms with Gasteiger partial charge in [-0.05, 0) is 18.8 Å². The average molecular weight is 328 g/mol. The number of rotatable bonds is 7. The first-order valence-electron chi connectivity index (χ1n) is 7.56. The number of aliphatic carboxylic acids is 1. The first kappa shape index (κ1) is 18.9. The van der Waals surface area contributed by atoms with E-state index in [2.05, 4.69) is 10.6 Å². The van der Waals surface area contributed by atoms with Crippen molar-refractivity contribution in [1.29, 1.82) is 0 Å². The molecular weight excluding hydrogens is 304 g/mol. The molecule has 0 bridgehead atoms. The summed E-state index contributed by atoms with van der Waals surface area (Å²) < 4.78 is 0. The summed E-state index contributed by atoms with van der Waals surface area (Å²) in [6.07, 6.45) is 1.21. The van der Waals surface area contributed by atoms with Crippen LogP contribution in [0.25, 0.3) is 0 Å². The smallest absolute Gasteiger partial charge is 0.322 e. The predicted octanol–water partition coefficient (Wildman–Crippen LogP) is -1.72. The van der Waals surface area contributed by atoms with Crippen molar-refractivity contribution in [2.75, 3.05) is 19.6 Å². The van der Waals surface area contributed by atoms with E-state index < -0.39 is 36.4 Å². The van der Waals surface area contributed by atoms with Crippen molar-refractivity contribution >= 4 is 23.7 Å². The highest BCUT2D eigenvalue weighted by atomic mass is 16.4. The molecule has 1 aliphatic rings. The zero-order chi connectivity index (χ0) is 17.6. The van der Waals surface area contributed by atoms with Gasteiger partial charge in [0.15, 0.2) is 0 Å². The van der Waals surface area contributed by atoms with E-state index in [1.807, 2.05) is 13.8 Å². The Morgan fingerprint density at radius 1 is 1.22 bits per heavy atom. The van der Waals surface area contributed by atoms with Gasteiger partial charge in [0.25, 0.3) is 0 Å². The van der Waals surface area contributed by atoms with E-state index in [0.29, 0.717) is 19.4 Å². The van der Waals surface area contributed by atoms with E-state index in [1.54, 1.807) is 0 Å². The molecule has 0 aromatic rings. The van der Waals surface area contributed by atoms with Crippen molar-refractivity contribution in [3.05, 3.63) is 0 Å². The Kier molecular flexibility index (Phi) is 6.95. The molecule has 1 aliphatic heterocycles. The van der Waals surface area contributed by atoms with Gasteiger partial charge in [0.2, 0.25) is 17.7 Å². The van der Waals surface area contributed by atoms with Gasteiger partial charge in [0.1, 0.15) is 12.6 Å². The van der Waals surface area contributed by atoms with Gasteiger partial charge in [-0.3, -0.25) is 19.2 Å². The van der Waals surface area contributed by atoms with Crippen molar-refractivity contribution in [3.8, 4) is 0 Å². The molecule has 1 heterocycles. The first-order chi connectivity index (χ1) is 10.7. The molecule has 2 atom stereocenters. The lowest BCUT2D eigenvalue weighted by Crippen LogP contribution is -2.53. The molecule has 0 radical (unpaired) electrons. The van der Waals surface area contributed by atoms with Crippen molar-refractivity contribution in [2.45, 2.75) is 38.8 Å². The number of nitrogens with two attached hydrogens (primary N) is 1. The van der Waals surface area contributed by atoms with E-state index in [-0.39, 0.29) is 18.4 Å². The van der Waals surface area contributed by atoms with Crippen LogP contribution in [0.15, 0.2) is 0 Å². The zero-order valence-corrected chi connectivity index (χ0v) is 13.4. The van der Waals surface area contributed by atoms with Crippen molar-refractivity contribution in [1.82, 2.24) is 15.5 Å². The van der Waals surface area contributed by atoms with Crippen molar-refractivity contribution in [2.24, 2.45) is 11.7 Å². The van der Waals surface area contributed by atoms with Crippen LogP contribution in [0, 0.1) is 5.92 Å². The molecule has 0 aromatic carbocycles. The molecule has 1 fully saturated rings. The molecule has 1 rings (SSSR count). The van der Waals surface area contributed by atoms with Gasteiger partial charge in [-0.1, -0.05) is 13.8 Å². The fraction of sp³-hybridized carbons (Fsp3) is 0.714. The number of carboxylic acid groups (broad SMARTS) is 1. The molecule has 3 amide bonds. The second kappa shape index (κ2) is 8.47. The summed E-state index contributed by atoms with van der Waals surface area (Å²) >= 11 is 0. The highest BCUT2D eigenvalue weighted by Gasteiger charge is 2.36. The van der Waals surface area contributed by atoms with Gasteiger partial charge in [0.05, 0.1) is 12.6 Å². The summed E-state index contributed by atoms with van der Waals surface area (Å²) in [5.74, 6) is -2.51. The fourth-order valence-electron chi connectivity index (χ4n) is 2.30. The summed E-state index contributed by atoms with van der Waals surface area (Å²) in [6.45, 7) is 3.29. The van der Waals surface area contributed by atoms with Crippen LogP contribution in [-0.4, -0.2) is 65.4 Å². The third-order valence-electron chi connectivity index (χ3n) is 3.70. The molecule has 2 unspecified atom stereocenters. The normalized spacial score (nSPS) is 18.6. The van der Waals surface area contributed by atoms with Crippen LogP contribution < -0.4 is 16.4 Å². The predicted molar refractivity (Wildman–Crippen MR) is 81.2 cm³/mol. The second-order valence-corrected chi connectivity index (χ2v) is 5.85. The lowest BCUT2D eigenvalue weighted by molar-refractivity contribution is -0.140. The Labute approximate surface area is 134 Å². The van der Waals surface area contributed by atoms with E-state index in [0.717, 1.165) is 0 Å². The lowest BCUT2D eigenvalue weighted by atomic mass is 10.0. The van der Waals surface area contributed by atoms with Crippen LogP contribution in [0.5, 0.6) is 0 Å². The number of nitrogens with zero attached hydrogens (tertiary/aromatic N) is 1. The van der Waals surface area contributed by atoms with Crippen LogP contribution in [0.3, 0.4) is 0 Å². The van der Waals surface area contributed by atoms with Crippen molar-refractivity contribution in [3.63, 3.8) is 0 Å². The molecule has 1 saturated heterocycles. The summed E-state index contributed by atoms with van der Waals surface area (Å²) in [7, 11) is 0. The molecule has 0 spiro atoms. The Balaban J connectivity index is 2.53. The molecular formula is C14H24N4O5. The Morgan fingerprint density at radius 2 is 1.87 bits per heavy atom. The minimum Gasteiger partial charge on any atom is -0.480 e. The maximum absolute atomic E-state index is 12.3. The number of carbonyl (C=O) groups is 4. The highest BCUT2D eigenvalue weighted by molar-refractivity contribution is 5.92. The topological polar surface area (TPSA) is 142 Å². The Hall–Kier alpha value is -2.16. The lowest BCUT2D eigenvalue weighted by Gasteiger charge is -2.28. The maximum atomic E-state index is 12.3. The summed E-state index contributed by atoms with van der Waals surface area (Å²) in [5, 5.41) is 13.0. The van der Waals surface area contributed by atoms with Crippen LogP contribution >= 0.6 is 0 Å². The third-order valence-corrected chi connectivity index (χ3v) is 3.70. The molecule has 5 N–H and O–H groups in total. The molecule has 23 heavy (non-hydrogen) atoms. The summed E-state index contributed by atoms with van der Waals surface area (Å²) in [6, 6.07) is -1.30. The highest BCUT2D eigenvalue weighted by Crippen LogP contribution is 2.19. The first-order valence-corrected chi connectivity index (χ1v) is 7.56. The fourth-order valence-corrected chi connectivity index (χ4v) is 2.30. The van der Waals surface area contributed by atoms with Gasteiger partial charge in [-0.25, -0.2) is 0 Å². The number of hydrogen-bond acceptors (Lipinski definition) is 5. The largest absolute Gasteiger partial charge is 0.480 e. The number of nitrogens with one attached hydrogen (secondary N) is 2. The molecule has 0 aliphatic carbocycles. The maximum Gasteiger partial charge on any atom is 0.322 e. The summed E-state index contributed by atoms with van der Waals surface area (Å²) in [5.41, 5.74) is 5.85.